The Balaban J connectivity index is 1.24. The van der Waals surface area contributed by atoms with E-state index in [1.54, 1.807) is 18.2 Å². The van der Waals surface area contributed by atoms with Crippen molar-refractivity contribution < 1.29 is 37.7 Å². The average Bonchev–Trinajstić information content (AvgIpc) is 3.37. The molecule has 3 aliphatic rings. The van der Waals surface area contributed by atoms with Crippen molar-refractivity contribution in [3.05, 3.63) is 64.7 Å². The number of amides is 1. The van der Waals surface area contributed by atoms with Crippen LogP contribution in [-0.4, -0.2) is 64.4 Å². The van der Waals surface area contributed by atoms with Crippen LogP contribution in [0.5, 0.6) is 5.75 Å². The van der Waals surface area contributed by atoms with Crippen LogP contribution in [0.2, 0.25) is 0 Å². The van der Waals surface area contributed by atoms with Crippen molar-refractivity contribution in [2.45, 2.75) is 63.2 Å². The molecule has 1 aliphatic carbocycles. The first kappa shape index (κ1) is 27.5. The molecule has 0 spiro atoms. The fourth-order valence-corrected chi connectivity index (χ4v) is 6.56. The Labute approximate surface area is 225 Å². The lowest BCUT2D eigenvalue weighted by molar-refractivity contribution is -0.148. The number of alkyl halides is 3. The van der Waals surface area contributed by atoms with Gasteiger partial charge in [-0.3, -0.25) is 4.79 Å². The van der Waals surface area contributed by atoms with E-state index in [-0.39, 0.29) is 43.3 Å². The van der Waals surface area contributed by atoms with Gasteiger partial charge in [-0.25, -0.2) is 4.79 Å². The minimum Gasteiger partial charge on any atom is -0.478 e. The number of carbonyl (C=O) groups excluding carboxylic acids is 1. The summed E-state index contributed by atoms with van der Waals surface area (Å²) >= 11 is 0. The molecule has 210 valence electrons. The third-order valence-electron chi connectivity index (χ3n) is 8.69. The highest BCUT2D eigenvalue weighted by Gasteiger charge is 2.49. The van der Waals surface area contributed by atoms with E-state index in [1.807, 2.05) is 6.07 Å². The predicted molar refractivity (Wildman–Crippen MR) is 136 cm³/mol. The molecule has 2 aliphatic heterocycles. The number of fused-ring (bicyclic) bond motifs is 1. The van der Waals surface area contributed by atoms with Gasteiger partial charge in [-0.1, -0.05) is 12.1 Å². The van der Waals surface area contributed by atoms with Gasteiger partial charge in [-0.05, 0) is 93.4 Å². The molecule has 2 aromatic carbocycles. The number of carbonyl (C=O) groups is 2. The number of hydrogen-bond donors (Lipinski definition) is 2. The molecule has 2 atom stereocenters. The number of carboxylic acid groups (broad SMARTS) is 1. The third kappa shape index (κ3) is 5.63. The zero-order valence-electron chi connectivity index (χ0n) is 21.6. The quantitative estimate of drug-likeness (QED) is 0.537. The van der Waals surface area contributed by atoms with Gasteiger partial charge in [0.15, 0.2) is 6.73 Å². The van der Waals surface area contributed by atoms with Crippen molar-refractivity contribution >= 4 is 11.9 Å². The van der Waals surface area contributed by atoms with Crippen LogP contribution >= 0.6 is 0 Å². The zero-order chi connectivity index (χ0) is 27.8. The molecule has 0 unspecified atom stereocenters. The van der Waals surface area contributed by atoms with Crippen molar-refractivity contribution in [2.75, 3.05) is 26.4 Å². The number of aliphatic hydroxyl groups is 1. The van der Waals surface area contributed by atoms with Gasteiger partial charge in [0.2, 0.25) is 5.91 Å². The SMILES string of the molecule is O=C(O)c1cccc(C2CCN([C@@H]3CC[C@](CCO)(C(=O)N4COc5ccc(C(F)(F)F)cc5C4)C3)CC2)c1. The maximum Gasteiger partial charge on any atom is 0.416 e. The van der Waals surface area contributed by atoms with Crippen molar-refractivity contribution in [1.29, 1.82) is 0 Å². The number of aromatic carboxylic acids is 1. The molecule has 10 heteroatoms. The Morgan fingerprint density at radius 2 is 1.85 bits per heavy atom. The van der Waals surface area contributed by atoms with E-state index in [0.717, 1.165) is 50.0 Å². The Hall–Kier alpha value is -3.11. The largest absolute Gasteiger partial charge is 0.478 e. The predicted octanol–water partition coefficient (Wildman–Crippen LogP) is 4.88. The van der Waals surface area contributed by atoms with Crippen molar-refractivity contribution in [1.82, 2.24) is 9.80 Å². The van der Waals surface area contributed by atoms with Gasteiger partial charge in [-0.15, -0.1) is 0 Å². The van der Waals surface area contributed by atoms with E-state index in [9.17, 15) is 33.0 Å². The molecule has 2 heterocycles. The first-order chi connectivity index (χ1) is 18.6. The average molecular weight is 547 g/mol. The fraction of sp³-hybridized carbons (Fsp3) is 0.517. The van der Waals surface area contributed by atoms with Gasteiger partial charge >= 0.3 is 12.1 Å². The number of nitrogens with zero attached hydrogens (tertiary/aromatic N) is 2. The molecule has 0 bridgehead atoms. The molecule has 39 heavy (non-hydrogen) atoms. The number of carboxylic acids is 1. The third-order valence-corrected chi connectivity index (χ3v) is 8.69. The Bertz CT molecular complexity index is 1230. The Morgan fingerprint density at radius 3 is 2.54 bits per heavy atom. The summed E-state index contributed by atoms with van der Waals surface area (Å²) in [6.45, 7) is 1.52. The number of aliphatic hydroxyl groups excluding tert-OH is 1. The lowest BCUT2D eigenvalue weighted by Gasteiger charge is -2.39. The Kier molecular flexibility index (Phi) is 7.61. The number of halogens is 3. The molecule has 1 saturated carbocycles. The molecule has 2 fully saturated rings. The molecule has 2 N–H and O–H groups in total. The standard InChI is InChI=1S/C29H33F3N2O5/c30-29(31,32)23-4-5-25-22(15-23)17-34(18-39-25)27(38)28(10-13-35)9-6-24(16-28)33-11-7-19(8-12-33)20-2-1-3-21(14-20)26(36)37/h1-5,14-15,19,24,35H,6-13,16-18H2,(H,36,37)/t24-,28-/m1/s1. The summed E-state index contributed by atoms with van der Waals surface area (Å²) in [4.78, 5) is 29.0. The van der Waals surface area contributed by atoms with Crippen LogP contribution in [0.15, 0.2) is 42.5 Å². The summed E-state index contributed by atoms with van der Waals surface area (Å²) in [5.41, 5.74) is 0.0893. The minimum atomic E-state index is -4.48. The molecule has 5 rings (SSSR count). The molecule has 0 radical (unpaired) electrons. The zero-order valence-corrected chi connectivity index (χ0v) is 21.6. The first-order valence-electron chi connectivity index (χ1n) is 13.4. The summed E-state index contributed by atoms with van der Waals surface area (Å²) in [6.07, 6.45) is -0.426. The van der Waals surface area contributed by atoms with Crippen LogP contribution in [0.1, 0.15) is 71.5 Å². The number of likely N-dealkylation sites (tertiary alicyclic amines) is 1. The Morgan fingerprint density at radius 1 is 1.08 bits per heavy atom. The van der Waals surface area contributed by atoms with E-state index in [0.29, 0.717) is 30.6 Å². The highest BCUT2D eigenvalue weighted by atomic mass is 19.4. The summed E-state index contributed by atoms with van der Waals surface area (Å²) in [5.74, 6) is -0.488. The van der Waals surface area contributed by atoms with E-state index in [4.69, 9.17) is 4.74 Å². The van der Waals surface area contributed by atoms with E-state index in [1.165, 1.54) is 11.0 Å². The van der Waals surface area contributed by atoms with Crippen LogP contribution in [0.4, 0.5) is 13.2 Å². The van der Waals surface area contributed by atoms with Gasteiger partial charge < -0.3 is 24.7 Å². The van der Waals surface area contributed by atoms with Crippen molar-refractivity contribution in [3.63, 3.8) is 0 Å². The summed E-state index contributed by atoms with van der Waals surface area (Å²) in [6, 6.07) is 10.6. The molecule has 7 nitrogen and oxygen atoms in total. The van der Waals surface area contributed by atoms with Crippen LogP contribution < -0.4 is 4.74 Å². The van der Waals surface area contributed by atoms with Gasteiger partial charge in [0.25, 0.3) is 0 Å². The topological polar surface area (TPSA) is 90.3 Å². The summed E-state index contributed by atoms with van der Waals surface area (Å²) in [7, 11) is 0. The van der Waals surface area contributed by atoms with Crippen LogP contribution in [0, 0.1) is 5.41 Å². The maximum absolute atomic E-state index is 13.8. The highest BCUT2D eigenvalue weighted by molar-refractivity contribution is 5.87. The second-order valence-electron chi connectivity index (χ2n) is 11.0. The van der Waals surface area contributed by atoms with E-state index >= 15 is 0 Å². The van der Waals surface area contributed by atoms with E-state index in [2.05, 4.69) is 4.90 Å². The smallest absolute Gasteiger partial charge is 0.416 e. The molecule has 2 aromatic rings. The number of rotatable bonds is 6. The van der Waals surface area contributed by atoms with Gasteiger partial charge in [-0.2, -0.15) is 13.2 Å². The van der Waals surface area contributed by atoms with Gasteiger partial charge in [0, 0.05) is 18.2 Å². The number of hydrogen-bond acceptors (Lipinski definition) is 5. The highest BCUT2D eigenvalue weighted by Crippen LogP contribution is 2.46. The normalized spacial score (nSPS) is 24.3. The summed E-state index contributed by atoms with van der Waals surface area (Å²) < 4.78 is 45.4. The molecular weight excluding hydrogens is 513 g/mol. The molecule has 1 saturated heterocycles. The molecular formula is C29H33F3N2O5. The van der Waals surface area contributed by atoms with Crippen LogP contribution in [-0.2, 0) is 17.5 Å². The number of ether oxygens (including phenoxy) is 1. The van der Waals surface area contributed by atoms with Crippen molar-refractivity contribution in [3.8, 4) is 5.75 Å². The minimum absolute atomic E-state index is 0.0319. The molecule has 0 aromatic heterocycles. The summed E-state index contributed by atoms with van der Waals surface area (Å²) in [5, 5.41) is 19.2. The maximum atomic E-state index is 13.8. The lowest BCUT2D eigenvalue weighted by atomic mass is 9.80. The van der Waals surface area contributed by atoms with Crippen molar-refractivity contribution in [2.24, 2.45) is 5.41 Å². The number of piperidine rings is 1. The second-order valence-corrected chi connectivity index (χ2v) is 11.0. The van der Waals surface area contributed by atoms with Gasteiger partial charge in [0.1, 0.15) is 5.75 Å². The fourth-order valence-electron chi connectivity index (χ4n) is 6.56. The van der Waals surface area contributed by atoms with E-state index < -0.39 is 23.1 Å². The van der Waals surface area contributed by atoms with Crippen LogP contribution in [0.3, 0.4) is 0 Å². The molecule has 1 amide bonds. The van der Waals surface area contributed by atoms with Crippen LogP contribution in [0.25, 0.3) is 0 Å². The second kappa shape index (κ2) is 10.8. The number of benzene rings is 2. The first-order valence-corrected chi connectivity index (χ1v) is 13.4. The monoisotopic (exact) mass is 546 g/mol. The lowest BCUT2D eigenvalue weighted by Crippen LogP contribution is -2.47. The van der Waals surface area contributed by atoms with Gasteiger partial charge in [0.05, 0.1) is 23.1 Å².